The Morgan fingerprint density at radius 3 is 2.54 bits per heavy atom. The molecule has 1 aromatic heterocycles. The van der Waals surface area contributed by atoms with E-state index in [2.05, 4.69) is 10.4 Å². The molecule has 1 N–H and O–H groups in total. The molecule has 1 aromatic carbocycles. The molecule has 0 atom stereocenters. The van der Waals surface area contributed by atoms with Gasteiger partial charge in [-0.1, -0.05) is 6.07 Å². The van der Waals surface area contributed by atoms with Crippen molar-refractivity contribution in [2.75, 3.05) is 5.32 Å². The van der Waals surface area contributed by atoms with E-state index >= 15 is 0 Å². The van der Waals surface area contributed by atoms with Crippen LogP contribution in [0.15, 0.2) is 24.3 Å². The van der Waals surface area contributed by atoms with Crippen molar-refractivity contribution in [1.29, 1.82) is 0 Å². The fraction of sp³-hybridized carbons (Fsp3) is 0.412. The monoisotopic (exact) mass is 337 g/mol. The smallest absolute Gasteiger partial charge is 0.324 e. The average Bonchev–Trinajstić information content (AvgIpc) is 3.23. The lowest BCUT2D eigenvalue weighted by atomic mass is 10.1. The zero-order valence-electron chi connectivity index (χ0n) is 13.4. The molecule has 0 spiro atoms. The number of hydrogen-bond donors (Lipinski definition) is 1. The van der Waals surface area contributed by atoms with Gasteiger partial charge in [0.1, 0.15) is 6.54 Å². The first-order valence-electron chi connectivity index (χ1n) is 7.76. The molecular formula is C17H18F3N3O. The number of alkyl halides is 3. The first kappa shape index (κ1) is 16.5. The van der Waals surface area contributed by atoms with Crippen molar-refractivity contribution in [2.24, 2.45) is 0 Å². The number of rotatable bonds is 4. The standard InChI is InChI=1S/C17H18F3N3O/c1-10-3-6-13(7-11(10)2)21-16(24)9-23-14(12-4-5-12)8-15(22-23)17(18,19)20/h3,6-8,12H,4-5,9H2,1-2H3,(H,21,24). The van der Waals surface area contributed by atoms with E-state index in [-0.39, 0.29) is 12.5 Å². The van der Waals surface area contributed by atoms with Gasteiger partial charge in [0.15, 0.2) is 5.69 Å². The summed E-state index contributed by atoms with van der Waals surface area (Å²) in [5, 5.41) is 6.30. The summed E-state index contributed by atoms with van der Waals surface area (Å²) in [4.78, 5) is 12.2. The molecule has 7 heteroatoms. The molecular weight excluding hydrogens is 319 g/mol. The van der Waals surface area contributed by atoms with Crippen molar-refractivity contribution in [3.8, 4) is 0 Å². The number of nitrogens with one attached hydrogen (secondary N) is 1. The molecule has 128 valence electrons. The SMILES string of the molecule is Cc1ccc(NC(=O)Cn2nc(C(F)(F)F)cc2C2CC2)cc1C. The van der Waals surface area contributed by atoms with Crippen molar-refractivity contribution in [3.63, 3.8) is 0 Å². The maximum Gasteiger partial charge on any atom is 0.435 e. The molecule has 0 bridgehead atoms. The van der Waals surface area contributed by atoms with Crippen molar-refractivity contribution < 1.29 is 18.0 Å². The fourth-order valence-corrected chi connectivity index (χ4v) is 2.56. The average molecular weight is 337 g/mol. The van der Waals surface area contributed by atoms with Crippen LogP contribution in [0, 0.1) is 13.8 Å². The maximum atomic E-state index is 12.9. The molecule has 0 saturated heterocycles. The van der Waals surface area contributed by atoms with Crippen LogP contribution < -0.4 is 5.32 Å². The lowest BCUT2D eigenvalue weighted by Crippen LogP contribution is -2.21. The minimum Gasteiger partial charge on any atom is -0.324 e. The maximum absolute atomic E-state index is 12.9. The van der Waals surface area contributed by atoms with Crippen molar-refractivity contribution in [2.45, 2.75) is 45.3 Å². The second kappa shape index (κ2) is 5.96. The van der Waals surface area contributed by atoms with Crippen LogP contribution in [-0.4, -0.2) is 15.7 Å². The Balaban J connectivity index is 1.76. The van der Waals surface area contributed by atoms with Crippen LogP contribution in [0.5, 0.6) is 0 Å². The van der Waals surface area contributed by atoms with Gasteiger partial charge in [0, 0.05) is 17.3 Å². The summed E-state index contributed by atoms with van der Waals surface area (Å²) in [6, 6.07) is 6.54. The van der Waals surface area contributed by atoms with E-state index in [1.165, 1.54) is 4.68 Å². The van der Waals surface area contributed by atoms with Gasteiger partial charge in [0.2, 0.25) is 5.91 Å². The second-order valence-electron chi connectivity index (χ2n) is 6.23. The number of halogens is 3. The number of benzene rings is 1. The van der Waals surface area contributed by atoms with Gasteiger partial charge in [-0.05, 0) is 56.0 Å². The minimum atomic E-state index is -4.50. The Labute approximate surface area is 137 Å². The second-order valence-corrected chi connectivity index (χ2v) is 6.23. The molecule has 3 rings (SSSR count). The number of hydrogen-bond acceptors (Lipinski definition) is 2. The Morgan fingerprint density at radius 2 is 1.96 bits per heavy atom. The van der Waals surface area contributed by atoms with Gasteiger partial charge < -0.3 is 5.32 Å². The topological polar surface area (TPSA) is 46.9 Å². The highest BCUT2D eigenvalue weighted by molar-refractivity contribution is 5.90. The van der Waals surface area contributed by atoms with Crippen LogP contribution in [0.25, 0.3) is 0 Å². The molecule has 1 amide bonds. The molecule has 0 unspecified atom stereocenters. The molecule has 1 fully saturated rings. The summed E-state index contributed by atoms with van der Waals surface area (Å²) in [5.74, 6) is -0.319. The molecule has 1 aliphatic rings. The van der Waals surface area contributed by atoms with Gasteiger partial charge in [-0.15, -0.1) is 0 Å². The summed E-state index contributed by atoms with van der Waals surface area (Å²) >= 11 is 0. The van der Waals surface area contributed by atoms with Crippen LogP contribution in [0.1, 0.15) is 41.3 Å². The fourth-order valence-electron chi connectivity index (χ4n) is 2.56. The molecule has 2 aromatic rings. The Bertz CT molecular complexity index is 776. The van der Waals surface area contributed by atoms with Crippen LogP contribution in [-0.2, 0) is 17.5 Å². The van der Waals surface area contributed by atoms with E-state index in [1.807, 2.05) is 26.0 Å². The van der Waals surface area contributed by atoms with E-state index in [9.17, 15) is 18.0 Å². The highest BCUT2D eigenvalue weighted by Gasteiger charge is 2.38. The third kappa shape index (κ3) is 3.60. The summed E-state index contributed by atoms with van der Waals surface area (Å²) in [6.07, 6.45) is -2.83. The molecule has 1 aliphatic carbocycles. The van der Waals surface area contributed by atoms with E-state index in [0.29, 0.717) is 11.4 Å². The minimum absolute atomic E-state index is 0.0722. The van der Waals surface area contributed by atoms with Crippen LogP contribution >= 0.6 is 0 Å². The van der Waals surface area contributed by atoms with Crippen molar-refractivity contribution in [3.05, 3.63) is 46.8 Å². The molecule has 0 radical (unpaired) electrons. The zero-order valence-corrected chi connectivity index (χ0v) is 13.4. The molecule has 24 heavy (non-hydrogen) atoms. The van der Waals surface area contributed by atoms with Gasteiger partial charge >= 0.3 is 6.18 Å². The summed E-state index contributed by atoms with van der Waals surface area (Å²) in [5.41, 5.74) is 2.30. The van der Waals surface area contributed by atoms with E-state index < -0.39 is 17.8 Å². The number of carbonyl (C=O) groups is 1. The first-order valence-corrected chi connectivity index (χ1v) is 7.76. The highest BCUT2D eigenvalue weighted by atomic mass is 19.4. The summed E-state index contributed by atoms with van der Waals surface area (Å²) < 4.78 is 39.7. The van der Waals surface area contributed by atoms with Crippen LogP contribution in [0.4, 0.5) is 18.9 Å². The lowest BCUT2D eigenvalue weighted by molar-refractivity contribution is -0.141. The van der Waals surface area contributed by atoms with Gasteiger partial charge in [0.05, 0.1) is 0 Å². The predicted molar refractivity (Wildman–Crippen MR) is 83.7 cm³/mol. The van der Waals surface area contributed by atoms with Gasteiger partial charge in [-0.2, -0.15) is 18.3 Å². The number of carbonyl (C=O) groups excluding carboxylic acids is 1. The van der Waals surface area contributed by atoms with Crippen molar-refractivity contribution >= 4 is 11.6 Å². The van der Waals surface area contributed by atoms with Gasteiger partial charge in [-0.3, -0.25) is 9.48 Å². The molecule has 1 saturated carbocycles. The van der Waals surface area contributed by atoms with E-state index in [0.717, 1.165) is 30.0 Å². The molecule has 1 heterocycles. The Kier molecular flexibility index (Phi) is 4.11. The Morgan fingerprint density at radius 1 is 1.25 bits per heavy atom. The predicted octanol–water partition coefficient (Wildman–Crippen LogP) is 4.03. The summed E-state index contributed by atoms with van der Waals surface area (Å²) in [7, 11) is 0. The van der Waals surface area contributed by atoms with Gasteiger partial charge in [0.25, 0.3) is 0 Å². The number of nitrogens with zero attached hydrogens (tertiary/aromatic N) is 2. The normalized spacial score (nSPS) is 14.7. The quantitative estimate of drug-likeness (QED) is 0.915. The van der Waals surface area contributed by atoms with Crippen LogP contribution in [0.3, 0.4) is 0 Å². The third-order valence-electron chi connectivity index (χ3n) is 4.18. The molecule has 4 nitrogen and oxygen atoms in total. The summed E-state index contributed by atoms with van der Waals surface area (Å²) in [6.45, 7) is 3.67. The first-order chi connectivity index (χ1) is 11.2. The number of aromatic nitrogens is 2. The third-order valence-corrected chi connectivity index (χ3v) is 4.18. The lowest BCUT2D eigenvalue weighted by Gasteiger charge is -2.09. The highest BCUT2D eigenvalue weighted by Crippen LogP contribution is 2.42. The van der Waals surface area contributed by atoms with E-state index in [4.69, 9.17) is 0 Å². The van der Waals surface area contributed by atoms with Crippen molar-refractivity contribution in [1.82, 2.24) is 9.78 Å². The van der Waals surface area contributed by atoms with Gasteiger partial charge in [-0.25, -0.2) is 0 Å². The number of amides is 1. The van der Waals surface area contributed by atoms with E-state index in [1.54, 1.807) is 6.07 Å². The van der Waals surface area contributed by atoms with Crippen LogP contribution in [0.2, 0.25) is 0 Å². The zero-order chi connectivity index (χ0) is 17.5. The Hall–Kier alpha value is -2.31. The number of aryl methyl sites for hydroxylation is 2. The molecule has 0 aliphatic heterocycles. The number of anilines is 1. The largest absolute Gasteiger partial charge is 0.435 e.